The second-order valence-corrected chi connectivity index (χ2v) is 7.53. The fourth-order valence-electron chi connectivity index (χ4n) is 4.42. The maximum atomic E-state index is 3.55. The molecule has 0 spiro atoms. The summed E-state index contributed by atoms with van der Waals surface area (Å²) in [6, 6.07) is 17.7. The minimum Gasteiger partial charge on any atom is -0.384 e. The molecule has 134 valence electrons. The average molecular weight is 346 g/mol. The Kier molecular flexibility index (Phi) is 4.06. The number of H-pyrrole nitrogens is 1. The van der Waals surface area contributed by atoms with Gasteiger partial charge in [-0.3, -0.25) is 4.90 Å². The molecule has 5 rings (SSSR count). The quantitative estimate of drug-likeness (QED) is 0.752. The van der Waals surface area contributed by atoms with E-state index in [1.807, 2.05) is 6.20 Å². The lowest BCUT2D eigenvalue weighted by molar-refractivity contribution is 0.250. The molecule has 1 saturated heterocycles. The largest absolute Gasteiger partial charge is 0.384 e. The molecule has 3 heterocycles. The van der Waals surface area contributed by atoms with Gasteiger partial charge in [0, 0.05) is 67.1 Å². The summed E-state index contributed by atoms with van der Waals surface area (Å²) in [6.45, 7) is 6.85. The number of hydrogen-bond acceptors (Lipinski definition) is 3. The van der Waals surface area contributed by atoms with Gasteiger partial charge in [-0.25, -0.2) is 0 Å². The number of nitrogens with zero attached hydrogens (tertiary/aromatic N) is 2. The van der Waals surface area contributed by atoms with Crippen molar-refractivity contribution in [2.45, 2.75) is 12.3 Å². The molecule has 2 aliphatic rings. The van der Waals surface area contributed by atoms with Gasteiger partial charge in [-0.2, -0.15) is 0 Å². The second-order valence-electron chi connectivity index (χ2n) is 7.53. The Morgan fingerprint density at radius 1 is 0.962 bits per heavy atom. The number of nitrogens with one attached hydrogen (secondary N) is 2. The summed E-state index contributed by atoms with van der Waals surface area (Å²) in [5, 5.41) is 4.85. The van der Waals surface area contributed by atoms with Crippen molar-refractivity contribution < 1.29 is 0 Å². The minimum absolute atomic E-state index is 0.667. The van der Waals surface area contributed by atoms with E-state index in [-0.39, 0.29) is 0 Å². The first-order valence-corrected chi connectivity index (χ1v) is 9.74. The predicted molar refractivity (Wildman–Crippen MR) is 109 cm³/mol. The van der Waals surface area contributed by atoms with Crippen LogP contribution < -0.4 is 10.2 Å². The number of hydrogen-bond donors (Lipinski definition) is 2. The van der Waals surface area contributed by atoms with Crippen molar-refractivity contribution in [1.29, 1.82) is 0 Å². The van der Waals surface area contributed by atoms with E-state index in [4.69, 9.17) is 0 Å². The van der Waals surface area contributed by atoms with Gasteiger partial charge in [-0.05, 0) is 48.9 Å². The van der Waals surface area contributed by atoms with Gasteiger partial charge < -0.3 is 15.2 Å². The van der Waals surface area contributed by atoms with Gasteiger partial charge in [0.15, 0.2) is 0 Å². The third kappa shape index (κ3) is 2.95. The number of rotatable bonds is 4. The Balaban J connectivity index is 1.16. The van der Waals surface area contributed by atoms with Crippen molar-refractivity contribution in [2.75, 3.05) is 49.5 Å². The van der Waals surface area contributed by atoms with Crippen LogP contribution >= 0.6 is 0 Å². The van der Waals surface area contributed by atoms with Crippen molar-refractivity contribution in [3.63, 3.8) is 0 Å². The number of benzene rings is 2. The third-order valence-corrected chi connectivity index (χ3v) is 6.01. The van der Waals surface area contributed by atoms with Crippen molar-refractivity contribution in [3.8, 4) is 0 Å². The van der Waals surface area contributed by atoms with Gasteiger partial charge in [0.05, 0.1) is 0 Å². The first kappa shape index (κ1) is 15.8. The number of piperazine rings is 1. The Morgan fingerprint density at radius 2 is 1.85 bits per heavy atom. The lowest BCUT2D eigenvalue weighted by atomic mass is 9.97. The summed E-state index contributed by atoms with van der Waals surface area (Å²) in [4.78, 5) is 8.43. The van der Waals surface area contributed by atoms with E-state index in [1.165, 1.54) is 40.8 Å². The monoisotopic (exact) mass is 346 g/mol. The highest BCUT2D eigenvalue weighted by Gasteiger charge is 2.23. The van der Waals surface area contributed by atoms with Crippen LogP contribution in [0.5, 0.6) is 0 Å². The van der Waals surface area contributed by atoms with Crippen LogP contribution in [0.4, 0.5) is 11.4 Å². The molecule has 0 saturated carbocycles. The van der Waals surface area contributed by atoms with E-state index in [0.717, 1.165) is 32.7 Å². The van der Waals surface area contributed by atoms with Crippen LogP contribution in [0.3, 0.4) is 0 Å². The van der Waals surface area contributed by atoms with Crippen molar-refractivity contribution in [2.24, 2.45) is 0 Å². The second kappa shape index (κ2) is 6.69. The maximum absolute atomic E-state index is 3.55. The molecule has 3 aromatic rings. The highest BCUT2D eigenvalue weighted by Crippen LogP contribution is 2.33. The van der Waals surface area contributed by atoms with Gasteiger partial charge in [0.2, 0.25) is 0 Å². The zero-order chi connectivity index (χ0) is 17.3. The van der Waals surface area contributed by atoms with E-state index in [9.17, 15) is 0 Å². The summed E-state index contributed by atoms with van der Waals surface area (Å²) >= 11 is 0. The summed E-state index contributed by atoms with van der Waals surface area (Å²) in [7, 11) is 0. The molecule has 0 unspecified atom stereocenters. The molecular weight excluding hydrogens is 320 g/mol. The van der Waals surface area contributed by atoms with Gasteiger partial charge in [0.1, 0.15) is 0 Å². The SMILES string of the molecule is c1ccc2c(c1)NC[C@H]2CCN1CCN(c2ccc3[nH]ccc3c2)CC1. The molecular formula is C22H26N4. The van der Waals surface area contributed by atoms with Crippen molar-refractivity contribution >= 4 is 22.3 Å². The molecule has 0 aliphatic carbocycles. The molecule has 1 atom stereocenters. The Hall–Kier alpha value is -2.46. The molecule has 2 aliphatic heterocycles. The minimum atomic E-state index is 0.667. The summed E-state index contributed by atoms with van der Waals surface area (Å²) < 4.78 is 0. The molecule has 1 aromatic heterocycles. The van der Waals surface area contributed by atoms with E-state index >= 15 is 0 Å². The number of anilines is 2. The Labute approximate surface area is 154 Å². The fraction of sp³-hybridized carbons (Fsp3) is 0.364. The number of para-hydroxylation sites is 1. The molecule has 0 bridgehead atoms. The zero-order valence-electron chi connectivity index (χ0n) is 15.1. The van der Waals surface area contributed by atoms with Crippen molar-refractivity contribution in [3.05, 3.63) is 60.3 Å². The van der Waals surface area contributed by atoms with E-state index < -0.39 is 0 Å². The maximum Gasteiger partial charge on any atom is 0.0455 e. The lowest BCUT2D eigenvalue weighted by Crippen LogP contribution is -2.46. The smallest absolute Gasteiger partial charge is 0.0455 e. The summed E-state index contributed by atoms with van der Waals surface area (Å²) in [6.07, 6.45) is 3.27. The molecule has 4 nitrogen and oxygen atoms in total. The van der Waals surface area contributed by atoms with E-state index in [0.29, 0.717) is 5.92 Å². The molecule has 4 heteroatoms. The molecule has 0 amide bonds. The molecule has 26 heavy (non-hydrogen) atoms. The number of aromatic amines is 1. The van der Waals surface area contributed by atoms with Crippen molar-refractivity contribution in [1.82, 2.24) is 9.88 Å². The lowest BCUT2D eigenvalue weighted by Gasteiger charge is -2.36. The molecule has 2 aromatic carbocycles. The normalized spacial score (nSPS) is 20.3. The average Bonchev–Trinajstić information content (AvgIpc) is 3.33. The molecule has 1 fully saturated rings. The third-order valence-electron chi connectivity index (χ3n) is 6.01. The van der Waals surface area contributed by atoms with Crippen LogP contribution in [0.2, 0.25) is 0 Å². The van der Waals surface area contributed by atoms with Gasteiger partial charge in [-0.1, -0.05) is 18.2 Å². The first-order valence-electron chi connectivity index (χ1n) is 9.74. The summed E-state index contributed by atoms with van der Waals surface area (Å²) in [5.41, 5.74) is 5.41. The Morgan fingerprint density at radius 3 is 2.77 bits per heavy atom. The summed E-state index contributed by atoms with van der Waals surface area (Å²) in [5.74, 6) is 0.667. The van der Waals surface area contributed by atoms with Gasteiger partial charge in [0.25, 0.3) is 0 Å². The number of fused-ring (bicyclic) bond motifs is 2. The van der Waals surface area contributed by atoms with Crippen LogP contribution in [0.15, 0.2) is 54.7 Å². The van der Waals surface area contributed by atoms with Crippen LogP contribution in [0.1, 0.15) is 17.9 Å². The van der Waals surface area contributed by atoms with Gasteiger partial charge >= 0.3 is 0 Å². The molecule has 0 radical (unpaired) electrons. The zero-order valence-corrected chi connectivity index (χ0v) is 15.1. The van der Waals surface area contributed by atoms with Crippen LogP contribution in [-0.4, -0.2) is 49.2 Å². The highest BCUT2D eigenvalue weighted by molar-refractivity contribution is 5.83. The van der Waals surface area contributed by atoms with Gasteiger partial charge in [-0.15, -0.1) is 0 Å². The van der Waals surface area contributed by atoms with Crippen LogP contribution in [-0.2, 0) is 0 Å². The highest BCUT2D eigenvalue weighted by atomic mass is 15.3. The van der Waals surface area contributed by atoms with Crippen LogP contribution in [0, 0.1) is 0 Å². The standard InChI is InChI=1S/C22H26N4/c1-2-4-22-20(3-1)18(16-24-22)8-10-25-11-13-26(14-12-25)19-5-6-21-17(15-19)7-9-23-21/h1-7,9,15,18,23-24H,8,10-14,16H2/t18-/m1/s1. The fourth-order valence-corrected chi connectivity index (χ4v) is 4.42. The topological polar surface area (TPSA) is 34.3 Å². The van der Waals surface area contributed by atoms with Crippen LogP contribution in [0.25, 0.3) is 10.9 Å². The van der Waals surface area contributed by atoms with E-state index in [2.05, 4.69) is 68.6 Å². The molecule has 2 N–H and O–H groups in total. The predicted octanol–water partition coefficient (Wildman–Crippen LogP) is 3.89. The Bertz CT molecular complexity index is 892. The van der Waals surface area contributed by atoms with E-state index in [1.54, 1.807) is 0 Å². The first-order chi connectivity index (χ1) is 12.9. The number of aromatic nitrogens is 1.